The molecule has 1 aromatic rings. The fourth-order valence-corrected chi connectivity index (χ4v) is 5.15. The fourth-order valence-electron chi connectivity index (χ4n) is 5.15. The van der Waals surface area contributed by atoms with Crippen LogP contribution >= 0.6 is 0 Å². The van der Waals surface area contributed by atoms with Crippen molar-refractivity contribution in [3.8, 4) is 11.5 Å². The van der Waals surface area contributed by atoms with Crippen molar-refractivity contribution in [1.82, 2.24) is 5.32 Å². The molecular formula is C29H50N2O6. The number of amides is 1. The van der Waals surface area contributed by atoms with Gasteiger partial charge in [-0.15, -0.1) is 0 Å². The van der Waals surface area contributed by atoms with Crippen molar-refractivity contribution < 1.29 is 28.8 Å². The molecule has 4 unspecified atom stereocenters. The van der Waals surface area contributed by atoms with Crippen LogP contribution in [0.2, 0.25) is 0 Å². The summed E-state index contributed by atoms with van der Waals surface area (Å²) in [5, 5.41) is 13.6. The molecule has 1 amide bonds. The molecule has 0 saturated heterocycles. The number of ether oxygens (including phenoxy) is 4. The number of rotatable bonds is 17. The molecule has 8 heteroatoms. The largest absolute Gasteiger partial charge is 0.493 e. The van der Waals surface area contributed by atoms with Gasteiger partial charge in [0.2, 0.25) is 5.91 Å². The maximum atomic E-state index is 12.8. The monoisotopic (exact) mass is 522 g/mol. The minimum atomic E-state index is -0.829. The van der Waals surface area contributed by atoms with Crippen molar-refractivity contribution in [3.63, 3.8) is 0 Å². The van der Waals surface area contributed by atoms with E-state index in [2.05, 4.69) is 25.2 Å². The summed E-state index contributed by atoms with van der Waals surface area (Å²) >= 11 is 0. The SMILES string of the molecule is COCCCOc1cc(CC(CC(N)C(O)CNC(=O)C(OC)C2CCCCC2)C(C)C)ccc1OC. The van der Waals surface area contributed by atoms with Gasteiger partial charge in [-0.3, -0.25) is 4.79 Å². The minimum absolute atomic E-state index is 0.124. The lowest BCUT2D eigenvalue weighted by Gasteiger charge is -2.30. The molecule has 0 aromatic heterocycles. The number of methoxy groups -OCH3 is 3. The second kappa shape index (κ2) is 16.9. The van der Waals surface area contributed by atoms with Gasteiger partial charge in [-0.05, 0) is 61.1 Å². The van der Waals surface area contributed by atoms with E-state index in [4.69, 9.17) is 24.7 Å². The highest BCUT2D eigenvalue weighted by Crippen LogP contribution is 2.31. The molecule has 1 aliphatic carbocycles. The molecule has 1 aliphatic rings. The first-order valence-electron chi connectivity index (χ1n) is 13.8. The number of carbonyl (C=O) groups excluding carboxylic acids is 1. The van der Waals surface area contributed by atoms with Crippen LogP contribution in [0.15, 0.2) is 18.2 Å². The van der Waals surface area contributed by atoms with Crippen molar-refractivity contribution in [1.29, 1.82) is 0 Å². The van der Waals surface area contributed by atoms with Crippen molar-refractivity contribution >= 4 is 5.91 Å². The van der Waals surface area contributed by atoms with Gasteiger partial charge in [0.1, 0.15) is 6.10 Å². The summed E-state index contributed by atoms with van der Waals surface area (Å²) in [5.41, 5.74) is 7.56. The van der Waals surface area contributed by atoms with Crippen molar-refractivity contribution in [2.24, 2.45) is 23.5 Å². The van der Waals surface area contributed by atoms with E-state index in [0.29, 0.717) is 31.3 Å². The number of hydrogen-bond donors (Lipinski definition) is 3. The number of benzene rings is 1. The summed E-state index contributed by atoms with van der Waals surface area (Å²) < 4.78 is 22.0. The van der Waals surface area contributed by atoms with E-state index in [1.54, 1.807) is 21.3 Å². The van der Waals surface area contributed by atoms with Crippen LogP contribution in [0, 0.1) is 17.8 Å². The van der Waals surface area contributed by atoms with Crippen LogP contribution in [0.25, 0.3) is 0 Å². The van der Waals surface area contributed by atoms with Gasteiger partial charge in [0, 0.05) is 39.8 Å². The molecule has 0 radical (unpaired) electrons. The third kappa shape index (κ3) is 10.4. The predicted octanol–water partition coefficient (Wildman–Crippen LogP) is 3.72. The second-order valence-electron chi connectivity index (χ2n) is 10.7. The first-order valence-corrected chi connectivity index (χ1v) is 13.8. The predicted molar refractivity (Wildman–Crippen MR) is 146 cm³/mol. The maximum Gasteiger partial charge on any atom is 0.249 e. The Labute approximate surface area is 223 Å². The van der Waals surface area contributed by atoms with Gasteiger partial charge in [0.25, 0.3) is 0 Å². The molecule has 0 heterocycles. The van der Waals surface area contributed by atoms with Crippen molar-refractivity contribution in [2.45, 2.75) is 83.5 Å². The van der Waals surface area contributed by atoms with Gasteiger partial charge in [0.15, 0.2) is 11.5 Å². The smallest absolute Gasteiger partial charge is 0.249 e. The summed E-state index contributed by atoms with van der Waals surface area (Å²) in [6, 6.07) is 5.56. The van der Waals surface area contributed by atoms with Crippen molar-refractivity contribution in [2.75, 3.05) is 41.1 Å². The highest BCUT2D eigenvalue weighted by molar-refractivity contribution is 5.81. The molecule has 8 nitrogen and oxygen atoms in total. The Morgan fingerprint density at radius 2 is 1.84 bits per heavy atom. The molecule has 1 fully saturated rings. The quantitative estimate of drug-likeness (QED) is 0.267. The Balaban J connectivity index is 1.92. The van der Waals surface area contributed by atoms with Crippen LogP contribution in [0.4, 0.5) is 0 Å². The van der Waals surface area contributed by atoms with Gasteiger partial charge < -0.3 is 35.1 Å². The summed E-state index contributed by atoms with van der Waals surface area (Å²) in [5.74, 6) is 2.13. The summed E-state index contributed by atoms with van der Waals surface area (Å²) in [4.78, 5) is 12.8. The standard InChI is InChI=1S/C29H50N2O6/c1-20(2)23(16-21-12-13-26(35-4)27(17-21)37-15-9-14-34-3)18-24(30)25(32)19-31-29(33)28(36-5)22-10-7-6-8-11-22/h12-13,17,20,22-25,28,32H,6-11,14-16,18-19,30H2,1-5H3,(H,31,33). The number of aliphatic hydroxyl groups is 1. The molecule has 1 aromatic carbocycles. The first-order chi connectivity index (χ1) is 17.8. The van der Waals surface area contributed by atoms with Gasteiger partial charge in [-0.25, -0.2) is 0 Å². The Kier molecular flexibility index (Phi) is 14.3. The molecule has 4 N–H and O–H groups in total. The maximum absolute atomic E-state index is 12.8. The Morgan fingerprint density at radius 1 is 1.11 bits per heavy atom. The zero-order chi connectivity index (χ0) is 27.2. The van der Waals surface area contributed by atoms with E-state index in [1.165, 1.54) is 6.42 Å². The van der Waals surface area contributed by atoms with E-state index in [9.17, 15) is 9.90 Å². The number of carbonyl (C=O) groups is 1. The Morgan fingerprint density at radius 3 is 2.46 bits per heavy atom. The lowest BCUT2D eigenvalue weighted by molar-refractivity contribution is -0.135. The van der Waals surface area contributed by atoms with E-state index < -0.39 is 18.2 Å². The number of hydrogen-bond acceptors (Lipinski definition) is 7. The molecule has 0 bridgehead atoms. The molecule has 0 spiro atoms. The molecule has 37 heavy (non-hydrogen) atoms. The highest BCUT2D eigenvalue weighted by atomic mass is 16.5. The highest BCUT2D eigenvalue weighted by Gasteiger charge is 2.30. The van der Waals surface area contributed by atoms with Crippen LogP contribution in [0.3, 0.4) is 0 Å². The number of nitrogens with one attached hydrogen (secondary N) is 1. The average molecular weight is 523 g/mol. The summed E-state index contributed by atoms with van der Waals surface area (Å²) in [7, 11) is 4.90. The Bertz CT molecular complexity index is 784. The molecule has 2 rings (SSSR count). The van der Waals surface area contributed by atoms with Crippen molar-refractivity contribution in [3.05, 3.63) is 23.8 Å². The minimum Gasteiger partial charge on any atom is -0.493 e. The number of aliphatic hydroxyl groups excluding tert-OH is 1. The molecule has 1 saturated carbocycles. The molecule has 212 valence electrons. The number of nitrogens with two attached hydrogens (primary N) is 1. The normalized spacial score (nSPS) is 17.7. The van der Waals surface area contributed by atoms with Crippen LogP contribution in [-0.4, -0.2) is 70.4 Å². The third-order valence-electron chi connectivity index (χ3n) is 7.56. The van der Waals surface area contributed by atoms with Crippen LogP contribution in [-0.2, 0) is 20.7 Å². The van der Waals surface area contributed by atoms with Crippen LogP contribution in [0.1, 0.15) is 64.4 Å². The van der Waals surface area contributed by atoms with Crippen LogP contribution < -0.4 is 20.5 Å². The Hall–Kier alpha value is -1.87. The summed E-state index contributed by atoms with van der Waals surface area (Å²) in [6.07, 6.45) is 6.46. The molecular weight excluding hydrogens is 472 g/mol. The first kappa shape index (κ1) is 31.3. The third-order valence-corrected chi connectivity index (χ3v) is 7.56. The van der Waals surface area contributed by atoms with Crippen LogP contribution in [0.5, 0.6) is 11.5 Å². The fraction of sp³-hybridized carbons (Fsp3) is 0.759. The average Bonchev–Trinajstić information content (AvgIpc) is 2.90. The zero-order valence-corrected chi connectivity index (χ0v) is 23.5. The van der Waals surface area contributed by atoms with Gasteiger partial charge in [0.05, 0.1) is 19.8 Å². The lowest BCUT2D eigenvalue weighted by atomic mass is 9.83. The van der Waals surface area contributed by atoms with E-state index >= 15 is 0 Å². The molecule has 4 atom stereocenters. The van der Waals surface area contributed by atoms with E-state index in [0.717, 1.165) is 49.8 Å². The molecule has 0 aliphatic heterocycles. The summed E-state index contributed by atoms with van der Waals surface area (Å²) in [6.45, 7) is 5.66. The van der Waals surface area contributed by atoms with Gasteiger partial charge >= 0.3 is 0 Å². The van der Waals surface area contributed by atoms with E-state index in [-0.39, 0.29) is 24.3 Å². The van der Waals surface area contributed by atoms with E-state index in [1.807, 2.05) is 12.1 Å². The van der Waals surface area contributed by atoms with Gasteiger partial charge in [-0.1, -0.05) is 39.2 Å². The topological polar surface area (TPSA) is 112 Å². The zero-order valence-electron chi connectivity index (χ0n) is 23.5. The second-order valence-corrected chi connectivity index (χ2v) is 10.7. The van der Waals surface area contributed by atoms with Gasteiger partial charge in [-0.2, -0.15) is 0 Å². The lowest BCUT2D eigenvalue weighted by Crippen LogP contribution is -2.48.